The maximum atomic E-state index is 14.2. The number of hydrogen-bond donors (Lipinski definition) is 0. The lowest BCUT2D eigenvalue weighted by atomic mass is 10.2. The second-order valence-corrected chi connectivity index (χ2v) is 8.45. The summed E-state index contributed by atoms with van der Waals surface area (Å²) in [4.78, 5) is 2.16. The summed E-state index contributed by atoms with van der Waals surface area (Å²) >= 11 is 23.8. The number of nitrogens with zero attached hydrogens (tertiary/aromatic N) is 5. The summed E-state index contributed by atoms with van der Waals surface area (Å²) in [5, 5.41) is 9.88. The fourth-order valence-corrected chi connectivity index (χ4v) is 3.89. The Morgan fingerprint density at radius 1 is 1.10 bits per heavy atom. The lowest BCUT2D eigenvalue weighted by molar-refractivity contribution is 0.0210. The standard InChI is InChI=1S/C20H17Cl3FN5OS/c21-14-3-1-13(2-4-14)11-25-29-19(15-9-18(24)17(23)10-16(15)22)26-28(20(29)31)12-27-5-7-30-8-6-27/h1-4,9-11H,5-8,12H2/b25-11+. The highest BCUT2D eigenvalue weighted by Crippen LogP contribution is 2.31. The summed E-state index contributed by atoms with van der Waals surface area (Å²) in [6, 6.07) is 9.73. The maximum Gasteiger partial charge on any atom is 0.220 e. The zero-order valence-corrected chi connectivity index (χ0v) is 19.2. The van der Waals surface area contributed by atoms with Crippen LogP contribution in [-0.4, -0.2) is 51.9 Å². The van der Waals surface area contributed by atoms with E-state index in [1.54, 1.807) is 23.0 Å². The van der Waals surface area contributed by atoms with E-state index in [1.807, 2.05) is 12.1 Å². The van der Waals surface area contributed by atoms with Crippen molar-refractivity contribution in [3.05, 3.63) is 67.6 Å². The third-order valence-corrected chi connectivity index (χ3v) is 5.94. The van der Waals surface area contributed by atoms with Gasteiger partial charge in [-0.05, 0) is 42.0 Å². The molecule has 0 atom stereocenters. The first kappa shape index (κ1) is 22.4. The SMILES string of the molecule is Fc1cc(-c2nn(CN3CCOCC3)c(=S)n2/N=C/c2ccc(Cl)cc2)c(Cl)cc1Cl. The van der Waals surface area contributed by atoms with E-state index in [1.165, 1.54) is 16.8 Å². The monoisotopic (exact) mass is 499 g/mol. The van der Waals surface area contributed by atoms with E-state index >= 15 is 0 Å². The molecule has 2 heterocycles. The molecule has 1 aromatic heterocycles. The van der Waals surface area contributed by atoms with E-state index in [4.69, 9.17) is 51.8 Å². The molecule has 0 aliphatic carbocycles. The highest BCUT2D eigenvalue weighted by Gasteiger charge is 2.19. The van der Waals surface area contributed by atoms with Gasteiger partial charge in [0.15, 0.2) is 5.82 Å². The first-order valence-electron chi connectivity index (χ1n) is 9.37. The molecule has 31 heavy (non-hydrogen) atoms. The molecule has 0 amide bonds. The Labute approximate surface area is 198 Å². The van der Waals surface area contributed by atoms with Crippen LogP contribution in [0.25, 0.3) is 11.4 Å². The fraction of sp³-hybridized carbons (Fsp3) is 0.250. The number of benzene rings is 2. The van der Waals surface area contributed by atoms with Crippen molar-refractivity contribution < 1.29 is 9.13 Å². The summed E-state index contributed by atoms with van der Waals surface area (Å²) in [6.45, 7) is 3.25. The Hall–Kier alpha value is -1.81. The van der Waals surface area contributed by atoms with Crippen LogP contribution in [-0.2, 0) is 11.4 Å². The number of rotatable bonds is 5. The van der Waals surface area contributed by atoms with Gasteiger partial charge in [0.1, 0.15) is 5.82 Å². The van der Waals surface area contributed by atoms with Crippen molar-refractivity contribution in [3.63, 3.8) is 0 Å². The van der Waals surface area contributed by atoms with Gasteiger partial charge in [0.05, 0.1) is 36.1 Å². The average Bonchev–Trinajstić information content (AvgIpc) is 3.06. The van der Waals surface area contributed by atoms with Gasteiger partial charge in [-0.3, -0.25) is 4.90 Å². The normalized spacial score (nSPS) is 15.1. The summed E-state index contributed by atoms with van der Waals surface area (Å²) in [5.41, 5.74) is 1.15. The predicted molar refractivity (Wildman–Crippen MR) is 123 cm³/mol. The van der Waals surface area contributed by atoms with Crippen LogP contribution in [0.2, 0.25) is 15.1 Å². The van der Waals surface area contributed by atoms with Crippen molar-refractivity contribution in [2.75, 3.05) is 26.3 Å². The molecule has 162 valence electrons. The third kappa shape index (κ3) is 5.16. The van der Waals surface area contributed by atoms with Gasteiger partial charge in [-0.2, -0.15) is 9.78 Å². The van der Waals surface area contributed by atoms with Crippen molar-refractivity contribution in [1.29, 1.82) is 0 Å². The molecule has 0 bridgehead atoms. The van der Waals surface area contributed by atoms with Crippen LogP contribution in [0, 0.1) is 10.6 Å². The van der Waals surface area contributed by atoms with Gasteiger partial charge in [0, 0.05) is 23.7 Å². The minimum atomic E-state index is -0.608. The fourth-order valence-electron chi connectivity index (χ4n) is 3.06. The molecule has 0 saturated carbocycles. The van der Waals surface area contributed by atoms with Crippen LogP contribution >= 0.6 is 47.0 Å². The zero-order chi connectivity index (χ0) is 22.0. The molecule has 1 saturated heterocycles. The van der Waals surface area contributed by atoms with Crippen molar-refractivity contribution >= 4 is 53.2 Å². The van der Waals surface area contributed by atoms with E-state index in [0.29, 0.717) is 41.1 Å². The zero-order valence-electron chi connectivity index (χ0n) is 16.1. The Kier molecular flexibility index (Phi) is 7.05. The van der Waals surface area contributed by atoms with Crippen molar-refractivity contribution in [2.24, 2.45) is 5.10 Å². The average molecular weight is 501 g/mol. The van der Waals surface area contributed by atoms with Gasteiger partial charge in [0.2, 0.25) is 4.77 Å². The first-order chi connectivity index (χ1) is 14.9. The summed E-state index contributed by atoms with van der Waals surface area (Å²) < 4.78 is 23.0. The van der Waals surface area contributed by atoms with Gasteiger partial charge in [0.25, 0.3) is 0 Å². The van der Waals surface area contributed by atoms with Gasteiger partial charge in [-0.15, -0.1) is 5.10 Å². The lowest BCUT2D eigenvalue weighted by Gasteiger charge is -2.25. The van der Waals surface area contributed by atoms with Gasteiger partial charge in [-0.1, -0.05) is 46.9 Å². The molecule has 0 spiro atoms. The molecule has 3 aromatic rings. The number of aromatic nitrogens is 3. The summed E-state index contributed by atoms with van der Waals surface area (Å²) in [7, 11) is 0. The van der Waals surface area contributed by atoms with Crippen LogP contribution in [0.4, 0.5) is 4.39 Å². The van der Waals surface area contributed by atoms with Crippen LogP contribution in [0.1, 0.15) is 5.56 Å². The smallest absolute Gasteiger partial charge is 0.220 e. The first-order valence-corrected chi connectivity index (χ1v) is 10.9. The molecule has 6 nitrogen and oxygen atoms in total. The lowest BCUT2D eigenvalue weighted by Crippen LogP contribution is -2.37. The van der Waals surface area contributed by atoms with Crippen molar-refractivity contribution in [1.82, 2.24) is 19.4 Å². The Morgan fingerprint density at radius 3 is 2.52 bits per heavy atom. The highest BCUT2D eigenvalue weighted by molar-refractivity contribution is 7.71. The van der Waals surface area contributed by atoms with E-state index < -0.39 is 5.82 Å². The molecule has 4 rings (SSSR count). The summed E-state index contributed by atoms with van der Waals surface area (Å²) in [5.74, 6) is -0.299. The molecule has 0 unspecified atom stereocenters. The van der Waals surface area contributed by atoms with Crippen LogP contribution in [0.15, 0.2) is 41.5 Å². The second kappa shape index (κ2) is 9.77. The number of halogens is 4. The second-order valence-electron chi connectivity index (χ2n) is 6.83. The van der Waals surface area contributed by atoms with E-state index in [9.17, 15) is 4.39 Å². The predicted octanol–water partition coefficient (Wildman–Crippen LogP) is 5.35. The minimum Gasteiger partial charge on any atom is -0.379 e. The van der Waals surface area contributed by atoms with Crippen LogP contribution in [0.3, 0.4) is 0 Å². The van der Waals surface area contributed by atoms with Gasteiger partial charge >= 0.3 is 0 Å². The topological polar surface area (TPSA) is 47.6 Å². The van der Waals surface area contributed by atoms with Gasteiger partial charge in [-0.25, -0.2) is 9.07 Å². The molecule has 0 N–H and O–H groups in total. The van der Waals surface area contributed by atoms with Gasteiger partial charge < -0.3 is 4.74 Å². The van der Waals surface area contributed by atoms with Crippen molar-refractivity contribution in [3.8, 4) is 11.4 Å². The molecule has 1 aliphatic heterocycles. The molecule has 2 aromatic carbocycles. The minimum absolute atomic E-state index is 0.0729. The highest BCUT2D eigenvalue weighted by atomic mass is 35.5. The molecule has 0 radical (unpaired) electrons. The Bertz CT molecular complexity index is 1170. The Balaban J connectivity index is 1.78. The molecule has 11 heteroatoms. The van der Waals surface area contributed by atoms with E-state index in [2.05, 4.69) is 15.1 Å². The number of morpholine rings is 1. The molecule has 1 fully saturated rings. The number of ether oxygens (including phenoxy) is 1. The largest absolute Gasteiger partial charge is 0.379 e. The van der Waals surface area contributed by atoms with Crippen LogP contribution < -0.4 is 0 Å². The van der Waals surface area contributed by atoms with Crippen molar-refractivity contribution in [2.45, 2.75) is 6.67 Å². The third-order valence-electron chi connectivity index (χ3n) is 4.70. The quantitative estimate of drug-likeness (QED) is 0.269. The van der Waals surface area contributed by atoms with Crippen LogP contribution in [0.5, 0.6) is 0 Å². The maximum absolute atomic E-state index is 14.2. The molecular formula is C20H17Cl3FN5OS. The molecular weight excluding hydrogens is 484 g/mol. The molecule has 1 aliphatic rings. The van der Waals surface area contributed by atoms with E-state index in [0.717, 1.165) is 18.7 Å². The van der Waals surface area contributed by atoms with E-state index in [-0.39, 0.29) is 10.0 Å². The number of hydrogen-bond acceptors (Lipinski definition) is 5. The summed E-state index contributed by atoms with van der Waals surface area (Å²) in [6.07, 6.45) is 1.62. The Morgan fingerprint density at radius 2 is 1.81 bits per heavy atom.